The Hall–Kier alpha value is -1.43. The van der Waals surface area contributed by atoms with Crippen LogP contribution in [0.15, 0.2) is 24.3 Å². The summed E-state index contributed by atoms with van der Waals surface area (Å²) in [5.41, 5.74) is 0.545. The molecule has 4 nitrogen and oxygen atoms in total. The zero-order chi connectivity index (χ0) is 16.3. The van der Waals surface area contributed by atoms with Gasteiger partial charge in [0.05, 0.1) is 11.8 Å². The summed E-state index contributed by atoms with van der Waals surface area (Å²) >= 11 is 0. The molecule has 1 aromatic rings. The van der Waals surface area contributed by atoms with Crippen LogP contribution in [0.2, 0.25) is 0 Å². The van der Waals surface area contributed by atoms with Crippen LogP contribution in [-0.2, 0) is 14.6 Å². The molecule has 1 heterocycles. The summed E-state index contributed by atoms with van der Waals surface area (Å²) in [6.45, 7) is 2.63. The van der Waals surface area contributed by atoms with Gasteiger partial charge in [-0.1, -0.05) is 25.1 Å². The number of rotatable bonds is 5. The third-order valence-electron chi connectivity index (χ3n) is 4.00. The second kappa shape index (κ2) is 6.77. The van der Waals surface area contributed by atoms with Gasteiger partial charge in [-0.15, -0.1) is 0 Å². The molecule has 2 rings (SSSR count). The Bertz CT molecular complexity index is 645. The number of sulfone groups is 1. The molecule has 1 aliphatic heterocycles. The van der Waals surface area contributed by atoms with E-state index >= 15 is 0 Å². The van der Waals surface area contributed by atoms with Crippen molar-refractivity contribution in [3.63, 3.8) is 0 Å². The summed E-state index contributed by atoms with van der Waals surface area (Å²) in [7, 11) is -3.06. The first kappa shape index (κ1) is 16.9. The van der Waals surface area contributed by atoms with E-state index in [-0.39, 0.29) is 29.9 Å². The normalized spacial score (nSPS) is 22.0. The molecule has 122 valence electrons. The highest BCUT2D eigenvalue weighted by atomic mass is 32.2. The Labute approximate surface area is 131 Å². The molecule has 1 fully saturated rings. The first-order valence-corrected chi connectivity index (χ1v) is 9.55. The molecule has 0 aromatic heterocycles. The molecule has 1 aliphatic rings. The maximum Gasteiger partial charge on any atom is 0.223 e. The van der Waals surface area contributed by atoms with Gasteiger partial charge in [-0.3, -0.25) is 4.79 Å². The minimum atomic E-state index is -3.06. The first-order chi connectivity index (χ1) is 10.3. The molecule has 2 atom stereocenters. The van der Waals surface area contributed by atoms with E-state index in [1.54, 1.807) is 23.1 Å². The molecular formula is C16H22FNO3S. The summed E-state index contributed by atoms with van der Waals surface area (Å²) in [6.07, 6.45) is 2.40. The lowest BCUT2D eigenvalue weighted by Crippen LogP contribution is -2.31. The van der Waals surface area contributed by atoms with E-state index in [4.69, 9.17) is 0 Å². The van der Waals surface area contributed by atoms with Crippen molar-refractivity contribution >= 4 is 15.7 Å². The van der Waals surface area contributed by atoms with E-state index in [0.29, 0.717) is 24.4 Å². The van der Waals surface area contributed by atoms with Crippen molar-refractivity contribution in [2.24, 2.45) is 5.92 Å². The summed E-state index contributed by atoms with van der Waals surface area (Å²) in [6, 6.07) is 6.28. The van der Waals surface area contributed by atoms with Gasteiger partial charge in [-0.05, 0) is 24.8 Å². The van der Waals surface area contributed by atoms with Gasteiger partial charge in [0.25, 0.3) is 0 Å². The zero-order valence-corrected chi connectivity index (χ0v) is 13.8. The topological polar surface area (TPSA) is 54.5 Å². The smallest absolute Gasteiger partial charge is 0.223 e. The summed E-state index contributed by atoms with van der Waals surface area (Å²) < 4.78 is 36.3. The fourth-order valence-electron chi connectivity index (χ4n) is 2.99. The van der Waals surface area contributed by atoms with Gasteiger partial charge < -0.3 is 4.90 Å². The van der Waals surface area contributed by atoms with Crippen LogP contribution >= 0.6 is 0 Å². The third-order valence-corrected chi connectivity index (χ3v) is 5.03. The van der Waals surface area contributed by atoms with E-state index in [9.17, 15) is 17.6 Å². The molecule has 0 aliphatic carbocycles. The Morgan fingerprint density at radius 2 is 2.05 bits per heavy atom. The lowest BCUT2D eigenvalue weighted by Gasteiger charge is -2.25. The number of halogens is 1. The molecule has 22 heavy (non-hydrogen) atoms. The second-order valence-corrected chi connectivity index (χ2v) is 8.42. The largest absolute Gasteiger partial charge is 0.335 e. The Morgan fingerprint density at radius 3 is 2.68 bits per heavy atom. The predicted octanol–water partition coefficient (Wildman–Crippen LogP) is 2.56. The Morgan fingerprint density at radius 1 is 1.36 bits per heavy atom. The van der Waals surface area contributed by atoms with Crippen LogP contribution in [0.5, 0.6) is 0 Å². The van der Waals surface area contributed by atoms with Gasteiger partial charge in [0, 0.05) is 24.8 Å². The summed E-state index contributed by atoms with van der Waals surface area (Å²) in [4.78, 5) is 14.1. The van der Waals surface area contributed by atoms with Crippen LogP contribution in [0.1, 0.15) is 37.8 Å². The van der Waals surface area contributed by atoms with E-state index in [1.807, 2.05) is 6.92 Å². The molecule has 1 amide bonds. The molecule has 0 radical (unpaired) electrons. The van der Waals surface area contributed by atoms with Crippen LogP contribution in [0.3, 0.4) is 0 Å². The predicted molar refractivity (Wildman–Crippen MR) is 83.6 cm³/mol. The number of likely N-dealkylation sites (tertiary alicyclic amines) is 1. The fourth-order valence-corrected chi connectivity index (χ4v) is 3.66. The molecule has 1 saturated heterocycles. The molecular weight excluding hydrogens is 305 g/mol. The molecule has 0 unspecified atom stereocenters. The van der Waals surface area contributed by atoms with Crippen LogP contribution in [0.25, 0.3) is 0 Å². The maximum absolute atomic E-state index is 14.0. The van der Waals surface area contributed by atoms with Gasteiger partial charge in [-0.2, -0.15) is 0 Å². The average molecular weight is 327 g/mol. The SMILES string of the molecule is C[C@H]1C[C@@H](c2ccccc2F)N(C(=O)CCCS(C)(=O)=O)C1. The maximum atomic E-state index is 14.0. The lowest BCUT2D eigenvalue weighted by atomic mass is 10.0. The Kier molecular flexibility index (Phi) is 5.21. The summed E-state index contributed by atoms with van der Waals surface area (Å²) in [5.74, 6) is -0.0767. The van der Waals surface area contributed by atoms with E-state index in [1.165, 1.54) is 6.07 Å². The van der Waals surface area contributed by atoms with Crippen LogP contribution in [0, 0.1) is 11.7 Å². The number of carbonyl (C=O) groups is 1. The van der Waals surface area contributed by atoms with Crippen molar-refractivity contribution in [3.8, 4) is 0 Å². The van der Waals surface area contributed by atoms with Gasteiger partial charge in [0.1, 0.15) is 15.7 Å². The van der Waals surface area contributed by atoms with Gasteiger partial charge in [0.2, 0.25) is 5.91 Å². The molecule has 1 aromatic carbocycles. The Balaban J connectivity index is 2.08. The van der Waals surface area contributed by atoms with Gasteiger partial charge in [0.15, 0.2) is 0 Å². The number of nitrogens with zero attached hydrogens (tertiary/aromatic N) is 1. The molecule has 0 N–H and O–H groups in total. The van der Waals surface area contributed by atoms with Gasteiger partial charge in [-0.25, -0.2) is 12.8 Å². The highest BCUT2D eigenvalue weighted by molar-refractivity contribution is 7.90. The lowest BCUT2D eigenvalue weighted by molar-refractivity contribution is -0.132. The van der Waals surface area contributed by atoms with Crippen LogP contribution in [-0.4, -0.2) is 37.8 Å². The van der Waals surface area contributed by atoms with E-state index < -0.39 is 9.84 Å². The van der Waals surface area contributed by atoms with Crippen molar-refractivity contribution < 1.29 is 17.6 Å². The van der Waals surface area contributed by atoms with E-state index in [0.717, 1.165) is 12.7 Å². The quantitative estimate of drug-likeness (QED) is 0.835. The summed E-state index contributed by atoms with van der Waals surface area (Å²) in [5, 5.41) is 0. The zero-order valence-electron chi connectivity index (χ0n) is 13.0. The standard InChI is InChI=1S/C16H22FNO3S/c1-12-10-15(13-6-3-4-7-14(13)17)18(11-12)16(19)8-5-9-22(2,20)21/h3-4,6-7,12,15H,5,8-11H2,1-2H3/t12-,15-/m0/s1. The number of carbonyl (C=O) groups excluding carboxylic acids is 1. The molecule has 0 spiro atoms. The minimum Gasteiger partial charge on any atom is -0.335 e. The average Bonchev–Trinajstić information content (AvgIpc) is 2.79. The fraction of sp³-hybridized carbons (Fsp3) is 0.562. The molecule has 0 saturated carbocycles. The van der Waals surface area contributed by atoms with Crippen LogP contribution < -0.4 is 0 Å². The monoisotopic (exact) mass is 327 g/mol. The van der Waals surface area contributed by atoms with E-state index in [2.05, 4.69) is 0 Å². The number of amides is 1. The third kappa shape index (κ3) is 4.29. The number of hydrogen-bond donors (Lipinski definition) is 0. The first-order valence-electron chi connectivity index (χ1n) is 7.49. The van der Waals surface area contributed by atoms with Gasteiger partial charge >= 0.3 is 0 Å². The highest BCUT2D eigenvalue weighted by Gasteiger charge is 2.35. The van der Waals surface area contributed by atoms with Crippen molar-refractivity contribution in [2.75, 3.05) is 18.6 Å². The molecule has 6 heteroatoms. The highest BCUT2D eigenvalue weighted by Crippen LogP contribution is 2.36. The second-order valence-electron chi connectivity index (χ2n) is 6.16. The number of hydrogen-bond acceptors (Lipinski definition) is 3. The van der Waals surface area contributed by atoms with Crippen molar-refractivity contribution in [2.45, 2.75) is 32.2 Å². The van der Waals surface area contributed by atoms with Crippen molar-refractivity contribution in [1.29, 1.82) is 0 Å². The van der Waals surface area contributed by atoms with Crippen molar-refractivity contribution in [1.82, 2.24) is 4.90 Å². The molecule has 0 bridgehead atoms. The minimum absolute atomic E-state index is 0.00645. The van der Waals surface area contributed by atoms with Crippen LogP contribution in [0.4, 0.5) is 4.39 Å². The number of benzene rings is 1. The van der Waals surface area contributed by atoms with Crippen molar-refractivity contribution in [3.05, 3.63) is 35.6 Å².